The van der Waals surface area contributed by atoms with E-state index in [1.54, 1.807) is 0 Å². The maximum Gasteiger partial charge on any atom is 0.0985 e. The third-order valence-electron chi connectivity index (χ3n) is 3.74. The first-order valence-electron chi connectivity index (χ1n) is 7.20. The monoisotopic (exact) mass is 281 g/mol. The fourth-order valence-corrected chi connectivity index (χ4v) is 3.77. The van der Waals surface area contributed by atoms with Crippen LogP contribution in [0.5, 0.6) is 0 Å². The van der Waals surface area contributed by atoms with Gasteiger partial charge in [0.05, 0.1) is 10.7 Å². The Morgan fingerprint density at radius 2 is 2.11 bits per heavy atom. The highest BCUT2D eigenvalue weighted by Gasteiger charge is 2.25. The molecule has 0 aliphatic carbocycles. The van der Waals surface area contributed by atoms with Crippen molar-refractivity contribution in [3.05, 3.63) is 15.6 Å². The number of thiazole rings is 1. The lowest BCUT2D eigenvalue weighted by molar-refractivity contribution is 0.388. The Bertz CT molecular complexity index is 433. The molecule has 0 amide bonds. The Balaban J connectivity index is 2.07. The zero-order valence-corrected chi connectivity index (χ0v) is 13.9. The smallest absolute Gasteiger partial charge is 0.0985 e. The summed E-state index contributed by atoms with van der Waals surface area (Å²) in [6.45, 7) is 13.5. The van der Waals surface area contributed by atoms with Crippen LogP contribution in [0, 0.1) is 6.92 Å². The van der Waals surface area contributed by atoms with E-state index in [-0.39, 0.29) is 5.41 Å². The van der Waals surface area contributed by atoms with Crippen molar-refractivity contribution in [2.24, 2.45) is 0 Å². The molecule has 0 saturated carbocycles. The van der Waals surface area contributed by atoms with E-state index >= 15 is 0 Å². The van der Waals surface area contributed by atoms with Crippen molar-refractivity contribution in [1.29, 1.82) is 0 Å². The van der Waals surface area contributed by atoms with Gasteiger partial charge in [-0.3, -0.25) is 0 Å². The van der Waals surface area contributed by atoms with E-state index in [0.29, 0.717) is 12.1 Å². The van der Waals surface area contributed by atoms with Crippen LogP contribution in [-0.4, -0.2) is 36.1 Å². The quantitative estimate of drug-likeness (QED) is 0.923. The summed E-state index contributed by atoms with van der Waals surface area (Å²) >= 11 is 1.87. The van der Waals surface area contributed by atoms with Gasteiger partial charge in [-0.25, -0.2) is 4.98 Å². The fraction of sp³-hybridized carbons (Fsp3) is 0.800. The number of aryl methyl sites for hydroxylation is 1. The van der Waals surface area contributed by atoms with Crippen molar-refractivity contribution in [2.45, 2.75) is 58.5 Å². The largest absolute Gasteiger partial charge is 0.305 e. The van der Waals surface area contributed by atoms with Gasteiger partial charge in [0.2, 0.25) is 0 Å². The molecular weight excluding hydrogens is 254 g/mol. The van der Waals surface area contributed by atoms with Crippen molar-refractivity contribution >= 4 is 11.3 Å². The predicted octanol–water partition coefficient (Wildman–Crippen LogP) is 3.10. The van der Waals surface area contributed by atoms with E-state index in [0.717, 1.165) is 6.54 Å². The zero-order valence-electron chi connectivity index (χ0n) is 13.1. The van der Waals surface area contributed by atoms with Crippen LogP contribution in [0.25, 0.3) is 0 Å². The van der Waals surface area contributed by atoms with Crippen molar-refractivity contribution in [3.8, 4) is 0 Å². The fourth-order valence-electron chi connectivity index (χ4n) is 2.63. The molecule has 2 unspecified atom stereocenters. The lowest BCUT2D eigenvalue weighted by atomic mass is 9.98. The molecule has 108 valence electrons. The molecule has 1 aliphatic rings. The number of nitrogens with zero attached hydrogens (tertiary/aromatic N) is 2. The van der Waals surface area contributed by atoms with Gasteiger partial charge in [-0.05, 0) is 33.9 Å². The molecule has 0 aromatic carbocycles. The Hall–Kier alpha value is -0.450. The summed E-state index contributed by atoms with van der Waals surface area (Å²) < 4.78 is 0. The number of aromatic nitrogens is 1. The average Bonchev–Trinajstić information content (AvgIpc) is 2.84. The summed E-state index contributed by atoms with van der Waals surface area (Å²) in [5.74, 6) is 0. The highest BCUT2D eigenvalue weighted by Crippen LogP contribution is 2.32. The van der Waals surface area contributed by atoms with Gasteiger partial charge < -0.3 is 10.2 Å². The number of likely N-dealkylation sites (N-methyl/N-ethyl adjacent to an activating group) is 1. The molecular formula is C15H27N3S. The van der Waals surface area contributed by atoms with Gasteiger partial charge >= 0.3 is 0 Å². The number of nitrogens with one attached hydrogen (secondary N) is 1. The van der Waals surface area contributed by atoms with Crippen LogP contribution in [0.4, 0.5) is 0 Å². The lowest BCUT2D eigenvalue weighted by Crippen LogP contribution is -2.33. The Labute approximate surface area is 121 Å². The molecule has 19 heavy (non-hydrogen) atoms. The van der Waals surface area contributed by atoms with E-state index in [2.05, 4.69) is 51.9 Å². The molecule has 0 radical (unpaired) electrons. The van der Waals surface area contributed by atoms with Crippen molar-refractivity contribution < 1.29 is 0 Å². The van der Waals surface area contributed by atoms with Gasteiger partial charge in [-0.15, -0.1) is 11.3 Å². The first-order valence-corrected chi connectivity index (χ1v) is 8.01. The summed E-state index contributed by atoms with van der Waals surface area (Å²) in [6.07, 6.45) is 1.25. The molecule has 1 fully saturated rings. The van der Waals surface area contributed by atoms with Crippen molar-refractivity contribution in [2.75, 3.05) is 20.1 Å². The SMILES string of the molecule is Cc1nc(C(C)(C)C)sc1C(C)NC1CCN(C)C1. The first-order chi connectivity index (χ1) is 8.77. The standard InChI is InChI=1S/C15H27N3S/c1-10(16-12-7-8-18(6)9-12)13-11(2)17-14(19-13)15(3,4)5/h10,12,16H,7-9H2,1-6H3. The van der Waals surface area contributed by atoms with Crippen LogP contribution in [-0.2, 0) is 5.41 Å². The van der Waals surface area contributed by atoms with Crippen molar-refractivity contribution in [3.63, 3.8) is 0 Å². The molecule has 4 heteroatoms. The minimum absolute atomic E-state index is 0.154. The van der Waals surface area contributed by atoms with Gasteiger partial charge in [0.15, 0.2) is 0 Å². The maximum atomic E-state index is 4.76. The van der Waals surface area contributed by atoms with Gasteiger partial charge in [0, 0.05) is 28.9 Å². The second-order valence-corrected chi connectivity index (χ2v) is 7.89. The molecule has 0 spiro atoms. The molecule has 1 aliphatic heterocycles. The molecule has 3 nitrogen and oxygen atoms in total. The van der Waals surface area contributed by atoms with E-state index in [9.17, 15) is 0 Å². The normalized spacial score (nSPS) is 22.9. The second kappa shape index (κ2) is 5.51. The van der Waals surface area contributed by atoms with Crippen LogP contribution in [0.15, 0.2) is 0 Å². The number of rotatable bonds is 3. The highest BCUT2D eigenvalue weighted by atomic mass is 32.1. The minimum atomic E-state index is 0.154. The Morgan fingerprint density at radius 3 is 2.58 bits per heavy atom. The van der Waals surface area contributed by atoms with Crippen LogP contribution >= 0.6 is 11.3 Å². The highest BCUT2D eigenvalue weighted by molar-refractivity contribution is 7.12. The molecule has 2 atom stereocenters. The van der Waals surface area contributed by atoms with Crippen molar-refractivity contribution in [1.82, 2.24) is 15.2 Å². The van der Waals surface area contributed by atoms with Gasteiger partial charge in [-0.1, -0.05) is 20.8 Å². The van der Waals surface area contributed by atoms with Crippen LogP contribution in [0.2, 0.25) is 0 Å². The van der Waals surface area contributed by atoms with Gasteiger partial charge in [-0.2, -0.15) is 0 Å². The third-order valence-corrected chi connectivity index (χ3v) is 5.51. The molecule has 1 aromatic heterocycles. The Morgan fingerprint density at radius 1 is 1.42 bits per heavy atom. The van der Waals surface area contributed by atoms with E-state index in [1.165, 1.54) is 28.5 Å². The van der Waals surface area contributed by atoms with Gasteiger partial charge in [0.1, 0.15) is 0 Å². The minimum Gasteiger partial charge on any atom is -0.305 e. The summed E-state index contributed by atoms with van der Waals surface area (Å²) in [6, 6.07) is 1.03. The lowest BCUT2D eigenvalue weighted by Gasteiger charge is -2.19. The predicted molar refractivity (Wildman–Crippen MR) is 83.0 cm³/mol. The van der Waals surface area contributed by atoms with Gasteiger partial charge in [0.25, 0.3) is 0 Å². The Kier molecular flexibility index (Phi) is 4.33. The molecule has 1 saturated heterocycles. The number of hydrogen-bond acceptors (Lipinski definition) is 4. The summed E-state index contributed by atoms with van der Waals surface area (Å²) in [5, 5.41) is 5.01. The van der Waals surface area contributed by atoms with Crippen LogP contribution in [0.1, 0.15) is 55.7 Å². The molecule has 2 rings (SSSR count). The average molecular weight is 281 g/mol. The maximum absolute atomic E-state index is 4.76. The third kappa shape index (κ3) is 3.56. The molecule has 2 heterocycles. The molecule has 0 bridgehead atoms. The first kappa shape index (κ1) is 14.9. The number of hydrogen-bond donors (Lipinski definition) is 1. The molecule has 1 N–H and O–H groups in total. The van der Waals surface area contributed by atoms with E-state index < -0.39 is 0 Å². The van der Waals surface area contributed by atoms with E-state index in [1.807, 2.05) is 11.3 Å². The second-order valence-electron chi connectivity index (χ2n) is 6.85. The number of likely N-dealkylation sites (tertiary alicyclic amines) is 1. The summed E-state index contributed by atoms with van der Waals surface area (Å²) in [5.41, 5.74) is 1.35. The van der Waals surface area contributed by atoms with Crippen LogP contribution < -0.4 is 5.32 Å². The molecule has 1 aromatic rings. The summed E-state index contributed by atoms with van der Waals surface area (Å²) in [7, 11) is 2.20. The zero-order chi connectivity index (χ0) is 14.2. The summed E-state index contributed by atoms with van der Waals surface area (Å²) in [4.78, 5) is 8.56. The van der Waals surface area contributed by atoms with Crippen LogP contribution in [0.3, 0.4) is 0 Å². The van der Waals surface area contributed by atoms with E-state index in [4.69, 9.17) is 4.98 Å². The topological polar surface area (TPSA) is 28.2 Å².